The van der Waals surface area contributed by atoms with Crippen molar-refractivity contribution in [3.63, 3.8) is 0 Å². The summed E-state index contributed by atoms with van der Waals surface area (Å²) >= 11 is 5.98. The molecule has 0 unspecified atom stereocenters. The average molecular weight is 459 g/mol. The lowest BCUT2D eigenvalue weighted by molar-refractivity contribution is -0.114. The highest BCUT2D eigenvalue weighted by Gasteiger charge is 2.29. The molecule has 0 aromatic heterocycles. The zero-order chi connectivity index (χ0) is 22.6. The molecule has 0 aliphatic rings. The normalized spacial score (nSPS) is 11.1. The molecule has 0 aliphatic carbocycles. The van der Waals surface area contributed by atoms with Gasteiger partial charge in [-0.05, 0) is 67.4 Å². The van der Waals surface area contributed by atoms with E-state index in [9.17, 15) is 13.2 Å². The zero-order valence-electron chi connectivity index (χ0n) is 17.4. The second-order valence-electron chi connectivity index (χ2n) is 7.01. The molecule has 8 heteroatoms. The molecule has 3 aromatic rings. The van der Waals surface area contributed by atoms with Crippen molar-refractivity contribution in [2.75, 3.05) is 23.3 Å². The van der Waals surface area contributed by atoms with Crippen LogP contribution in [0.25, 0.3) is 0 Å². The number of nitrogens with one attached hydrogen (secondary N) is 1. The second-order valence-corrected chi connectivity index (χ2v) is 9.31. The van der Waals surface area contributed by atoms with Gasteiger partial charge in [-0.2, -0.15) is 0 Å². The largest absolute Gasteiger partial charge is 0.495 e. The fourth-order valence-electron chi connectivity index (χ4n) is 3.10. The number of methoxy groups -OCH3 is 1. The van der Waals surface area contributed by atoms with Crippen LogP contribution in [0.3, 0.4) is 0 Å². The molecule has 0 radical (unpaired) electrons. The molecule has 6 nitrogen and oxygen atoms in total. The van der Waals surface area contributed by atoms with Gasteiger partial charge in [-0.1, -0.05) is 35.9 Å². The minimum absolute atomic E-state index is 0.0778. The quantitative estimate of drug-likeness (QED) is 0.551. The Morgan fingerprint density at radius 3 is 2.39 bits per heavy atom. The van der Waals surface area contributed by atoms with Crippen molar-refractivity contribution >= 4 is 38.9 Å². The Balaban J connectivity index is 2.02. The Bertz CT molecular complexity index is 1200. The maximum absolute atomic E-state index is 13.5. The highest BCUT2D eigenvalue weighted by Crippen LogP contribution is 2.33. The molecule has 0 fully saturated rings. The van der Waals surface area contributed by atoms with Gasteiger partial charge in [0.15, 0.2) is 0 Å². The highest BCUT2D eigenvalue weighted by atomic mass is 35.5. The number of benzene rings is 3. The van der Waals surface area contributed by atoms with Crippen LogP contribution in [-0.4, -0.2) is 28.0 Å². The van der Waals surface area contributed by atoms with Crippen LogP contribution in [0.5, 0.6) is 5.75 Å². The van der Waals surface area contributed by atoms with E-state index in [1.54, 1.807) is 48.5 Å². The Kier molecular flexibility index (Phi) is 6.87. The Labute approximate surface area is 187 Å². The molecule has 3 rings (SSSR count). The van der Waals surface area contributed by atoms with Crippen LogP contribution in [0.15, 0.2) is 71.6 Å². The number of rotatable bonds is 7. The summed E-state index contributed by atoms with van der Waals surface area (Å²) in [5.74, 6) is -0.144. The molecule has 0 atom stereocenters. The molecular weight excluding hydrogens is 436 g/mol. The molecule has 3 aromatic carbocycles. The molecule has 1 N–H and O–H groups in total. The van der Waals surface area contributed by atoms with Gasteiger partial charge in [0.25, 0.3) is 10.0 Å². The Hall–Kier alpha value is -3.03. The average Bonchev–Trinajstić information content (AvgIpc) is 2.74. The van der Waals surface area contributed by atoms with E-state index in [0.717, 1.165) is 15.4 Å². The number of halogens is 1. The van der Waals surface area contributed by atoms with Crippen LogP contribution in [0.4, 0.5) is 11.4 Å². The third-order valence-electron chi connectivity index (χ3n) is 4.68. The molecule has 0 bridgehead atoms. The minimum Gasteiger partial charge on any atom is -0.495 e. The molecule has 0 saturated carbocycles. The summed E-state index contributed by atoms with van der Waals surface area (Å²) in [5.41, 5.74) is 2.45. The molecule has 0 spiro atoms. The van der Waals surface area contributed by atoms with Gasteiger partial charge in [-0.25, -0.2) is 8.42 Å². The van der Waals surface area contributed by atoms with E-state index in [4.69, 9.17) is 16.3 Å². The van der Waals surface area contributed by atoms with Crippen molar-refractivity contribution in [1.82, 2.24) is 0 Å². The second kappa shape index (κ2) is 9.41. The first-order valence-corrected chi connectivity index (χ1v) is 11.3. The van der Waals surface area contributed by atoms with Gasteiger partial charge >= 0.3 is 0 Å². The highest BCUT2D eigenvalue weighted by molar-refractivity contribution is 7.92. The number of ether oxygens (including phenoxy) is 1. The molecule has 1 amide bonds. The number of hydrogen-bond donors (Lipinski definition) is 1. The first-order chi connectivity index (χ1) is 14.7. The minimum atomic E-state index is -4.04. The standard InChI is InChI=1S/C23H23ClN2O4S/c1-16-9-12-22(30-3)21(13-16)26(31(28,29)19-7-5-4-6-8-19)15-23(27)25-20-11-10-18(24)14-17(20)2/h4-14H,15H2,1-3H3,(H,25,27). The summed E-state index contributed by atoms with van der Waals surface area (Å²) in [5, 5.41) is 3.32. The number of sulfonamides is 1. The number of amides is 1. The van der Waals surface area contributed by atoms with Gasteiger partial charge in [0, 0.05) is 10.7 Å². The van der Waals surface area contributed by atoms with Crippen LogP contribution in [0.2, 0.25) is 5.02 Å². The topological polar surface area (TPSA) is 75.7 Å². The Morgan fingerprint density at radius 2 is 1.74 bits per heavy atom. The van der Waals surface area contributed by atoms with Gasteiger partial charge in [-0.3, -0.25) is 9.10 Å². The lowest BCUT2D eigenvalue weighted by Gasteiger charge is -2.26. The van der Waals surface area contributed by atoms with Gasteiger partial charge in [-0.15, -0.1) is 0 Å². The van der Waals surface area contributed by atoms with Gasteiger partial charge < -0.3 is 10.1 Å². The molecule has 0 aliphatic heterocycles. The van der Waals surface area contributed by atoms with Crippen LogP contribution >= 0.6 is 11.6 Å². The summed E-state index contributed by atoms with van der Waals surface area (Å²) in [7, 11) is -2.58. The number of carbonyl (C=O) groups excluding carboxylic acids is 1. The van der Waals surface area contributed by atoms with E-state index < -0.39 is 22.5 Å². The molecule has 0 heterocycles. The van der Waals surface area contributed by atoms with Crippen molar-refractivity contribution in [2.24, 2.45) is 0 Å². The van der Waals surface area contributed by atoms with Crippen LogP contribution < -0.4 is 14.4 Å². The summed E-state index contributed by atoms with van der Waals surface area (Å²) in [6, 6.07) is 18.2. The number of nitrogens with zero attached hydrogens (tertiary/aromatic N) is 1. The van der Waals surface area contributed by atoms with E-state index in [2.05, 4.69) is 5.32 Å². The number of aryl methyl sites for hydroxylation is 2. The van der Waals surface area contributed by atoms with E-state index >= 15 is 0 Å². The maximum Gasteiger partial charge on any atom is 0.264 e. The van der Waals surface area contributed by atoms with E-state index in [0.29, 0.717) is 16.5 Å². The third-order valence-corrected chi connectivity index (χ3v) is 6.69. The van der Waals surface area contributed by atoms with Crippen LogP contribution in [0, 0.1) is 13.8 Å². The van der Waals surface area contributed by atoms with E-state index in [1.807, 2.05) is 19.9 Å². The monoisotopic (exact) mass is 458 g/mol. The van der Waals surface area contributed by atoms with Gasteiger partial charge in [0.1, 0.15) is 12.3 Å². The van der Waals surface area contributed by atoms with Crippen molar-refractivity contribution in [1.29, 1.82) is 0 Å². The number of anilines is 2. The first-order valence-electron chi connectivity index (χ1n) is 9.51. The van der Waals surface area contributed by atoms with E-state index in [-0.39, 0.29) is 10.6 Å². The van der Waals surface area contributed by atoms with Crippen molar-refractivity contribution in [2.45, 2.75) is 18.7 Å². The third kappa shape index (κ3) is 5.18. The predicted molar refractivity (Wildman–Crippen MR) is 124 cm³/mol. The zero-order valence-corrected chi connectivity index (χ0v) is 19.0. The molecule has 162 valence electrons. The summed E-state index contributed by atoms with van der Waals surface area (Å²) in [4.78, 5) is 13.0. The van der Waals surface area contributed by atoms with E-state index in [1.165, 1.54) is 19.2 Å². The Morgan fingerprint density at radius 1 is 1.03 bits per heavy atom. The fourth-order valence-corrected chi connectivity index (χ4v) is 4.77. The molecular formula is C23H23ClN2O4S. The van der Waals surface area contributed by atoms with Crippen LogP contribution in [0.1, 0.15) is 11.1 Å². The van der Waals surface area contributed by atoms with Crippen LogP contribution in [-0.2, 0) is 14.8 Å². The van der Waals surface area contributed by atoms with Crippen molar-refractivity contribution in [3.05, 3.63) is 82.9 Å². The molecule has 0 saturated heterocycles. The predicted octanol–water partition coefficient (Wildman–Crippen LogP) is 4.80. The maximum atomic E-state index is 13.5. The number of carbonyl (C=O) groups is 1. The SMILES string of the molecule is COc1ccc(C)cc1N(CC(=O)Nc1ccc(Cl)cc1C)S(=O)(=O)c1ccccc1. The van der Waals surface area contributed by atoms with Gasteiger partial charge in [0.05, 0.1) is 17.7 Å². The summed E-state index contributed by atoms with van der Waals surface area (Å²) in [6.07, 6.45) is 0. The summed E-state index contributed by atoms with van der Waals surface area (Å²) < 4.78 is 33.4. The van der Waals surface area contributed by atoms with Crippen molar-refractivity contribution in [3.8, 4) is 5.75 Å². The molecule has 31 heavy (non-hydrogen) atoms. The van der Waals surface area contributed by atoms with Crippen molar-refractivity contribution < 1.29 is 17.9 Å². The lowest BCUT2D eigenvalue weighted by Crippen LogP contribution is -2.38. The first kappa shape index (κ1) is 22.7. The summed E-state index contributed by atoms with van der Waals surface area (Å²) in [6.45, 7) is 3.22. The fraction of sp³-hybridized carbons (Fsp3) is 0.174. The van der Waals surface area contributed by atoms with Gasteiger partial charge in [0.2, 0.25) is 5.91 Å². The smallest absolute Gasteiger partial charge is 0.264 e. The lowest BCUT2D eigenvalue weighted by atomic mass is 10.2. The number of hydrogen-bond acceptors (Lipinski definition) is 4.